The summed E-state index contributed by atoms with van der Waals surface area (Å²) in [6.45, 7) is 1.60. The highest BCUT2D eigenvalue weighted by molar-refractivity contribution is 6.38. The van der Waals surface area contributed by atoms with E-state index >= 15 is 0 Å². The Hall–Kier alpha value is -3.80. The zero-order chi connectivity index (χ0) is 20.8. The Bertz CT molecular complexity index is 1010. The van der Waals surface area contributed by atoms with Crippen LogP contribution in [0.2, 0.25) is 0 Å². The van der Waals surface area contributed by atoms with E-state index in [0.29, 0.717) is 16.8 Å². The van der Waals surface area contributed by atoms with Crippen LogP contribution in [0.15, 0.2) is 47.8 Å². The van der Waals surface area contributed by atoms with Gasteiger partial charge in [0.2, 0.25) is 5.91 Å². The fourth-order valence-electron chi connectivity index (χ4n) is 2.26. The molecule has 0 radical (unpaired) electrons. The lowest BCUT2D eigenvalue weighted by Gasteiger charge is -2.13. The van der Waals surface area contributed by atoms with Gasteiger partial charge in [0.05, 0.1) is 17.2 Å². The van der Waals surface area contributed by atoms with E-state index in [9.17, 15) is 14.0 Å². The monoisotopic (exact) mass is 381 g/mol. The molecule has 0 aliphatic carbocycles. The molecule has 4 N–H and O–H groups in total. The molecule has 7 nitrogen and oxygen atoms in total. The van der Waals surface area contributed by atoms with E-state index in [2.05, 4.69) is 5.32 Å². The third kappa shape index (κ3) is 4.89. The number of halogens is 1. The number of rotatable bonds is 6. The van der Waals surface area contributed by atoms with E-state index in [-0.39, 0.29) is 29.1 Å². The topological polar surface area (TPSA) is 125 Å². The van der Waals surface area contributed by atoms with Crippen LogP contribution in [-0.4, -0.2) is 24.8 Å². The fourth-order valence-corrected chi connectivity index (χ4v) is 2.26. The van der Waals surface area contributed by atoms with Gasteiger partial charge in [0.15, 0.2) is 13.7 Å². The second-order valence-corrected chi connectivity index (χ2v) is 5.98. The van der Waals surface area contributed by atoms with Crippen molar-refractivity contribution in [3.05, 3.63) is 75.8 Å². The summed E-state index contributed by atoms with van der Waals surface area (Å²) < 4.78 is 18.5. The number of ether oxygens (including phenoxy) is 1. The smallest absolute Gasteiger partial charge is 0.335 e. The Morgan fingerprint density at radius 2 is 2.04 bits per heavy atom. The van der Waals surface area contributed by atoms with Crippen LogP contribution in [0.4, 0.5) is 10.1 Å². The van der Waals surface area contributed by atoms with Gasteiger partial charge >= 0.3 is 5.97 Å². The lowest BCUT2D eigenvalue weighted by molar-refractivity contribution is -0.112. The van der Waals surface area contributed by atoms with Crippen molar-refractivity contribution in [2.24, 2.45) is 5.73 Å². The molecule has 0 unspecified atom stereocenters. The van der Waals surface area contributed by atoms with Crippen LogP contribution in [0.3, 0.4) is 0 Å². The lowest BCUT2D eigenvalue weighted by atomic mass is 9.95. The minimum absolute atomic E-state index is 0.0343. The molecule has 142 valence electrons. The minimum Gasteiger partial charge on any atom is -0.478 e. The van der Waals surface area contributed by atoms with Gasteiger partial charge in [-0.3, -0.25) is 4.79 Å². The first-order chi connectivity index (χ1) is 13.2. The maximum absolute atomic E-state index is 13.2. The number of carboxylic acids is 1. The van der Waals surface area contributed by atoms with Crippen molar-refractivity contribution in [3.63, 3.8) is 0 Å². The molecule has 2 aromatic rings. The summed E-state index contributed by atoms with van der Waals surface area (Å²) in [7, 11) is 1.44. The Labute approximate surface area is 161 Å². The summed E-state index contributed by atoms with van der Waals surface area (Å²) >= 11 is 0. The van der Waals surface area contributed by atoms with Crippen LogP contribution in [0.1, 0.15) is 27.0 Å². The maximum Gasteiger partial charge on any atom is 0.335 e. The number of anilines is 1. The molecule has 0 aliphatic rings. The molecule has 28 heavy (non-hydrogen) atoms. The zero-order valence-corrected chi connectivity index (χ0v) is 15.2. The molecule has 0 bridgehead atoms. The lowest BCUT2D eigenvalue weighted by Crippen LogP contribution is -2.21. The molecule has 0 aliphatic heterocycles. The number of aromatic carboxylic acids is 1. The van der Waals surface area contributed by atoms with Crippen molar-refractivity contribution in [1.82, 2.24) is 0 Å². The summed E-state index contributed by atoms with van der Waals surface area (Å²) in [5, 5.41) is 20.7. The van der Waals surface area contributed by atoms with Gasteiger partial charge in [-0.05, 0) is 36.8 Å². The number of carbonyl (C=O) groups excluding carboxylic acids is 1. The molecule has 0 spiro atoms. The van der Waals surface area contributed by atoms with Gasteiger partial charge in [-0.15, -0.1) is 0 Å². The molecule has 9 heteroatoms. The molecule has 0 saturated heterocycles. The van der Waals surface area contributed by atoms with E-state index in [1.165, 1.54) is 32.1 Å². The van der Waals surface area contributed by atoms with Crippen LogP contribution in [-0.2, 0) is 16.1 Å². The number of benzene rings is 2. The summed E-state index contributed by atoms with van der Waals surface area (Å²) in [6, 6.07) is 9.89. The van der Waals surface area contributed by atoms with Gasteiger partial charge in [-0.1, -0.05) is 12.1 Å². The summed E-state index contributed by atoms with van der Waals surface area (Å²) in [6.07, 6.45) is 0. The Morgan fingerprint density at radius 1 is 1.32 bits per heavy atom. The molecule has 2 aromatic carbocycles. The largest absolute Gasteiger partial charge is 0.478 e. The number of nitrogens with zero attached hydrogens (tertiary/aromatic N) is 1. The molecular formula is C19H17BFN3O4. The van der Waals surface area contributed by atoms with E-state index in [4.69, 9.17) is 20.8 Å². The SMILES string of the molecule is B/C(C(=O)Nc1cc(C(=O)O)ccc1C)=C(/N)OCc1ccc(F)cc1C#N. The van der Waals surface area contributed by atoms with Gasteiger partial charge in [-0.2, -0.15) is 5.26 Å². The van der Waals surface area contributed by atoms with Gasteiger partial charge in [0, 0.05) is 16.7 Å². The van der Waals surface area contributed by atoms with E-state index in [1.807, 2.05) is 6.07 Å². The first kappa shape index (κ1) is 20.5. The Kier molecular flexibility index (Phi) is 6.40. The van der Waals surface area contributed by atoms with Crippen LogP contribution >= 0.6 is 0 Å². The highest BCUT2D eigenvalue weighted by Crippen LogP contribution is 2.18. The highest BCUT2D eigenvalue weighted by Gasteiger charge is 2.14. The van der Waals surface area contributed by atoms with Gasteiger partial charge < -0.3 is 20.9 Å². The van der Waals surface area contributed by atoms with Crippen molar-refractivity contribution in [3.8, 4) is 6.07 Å². The van der Waals surface area contributed by atoms with Crippen molar-refractivity contribution in [2.75, 3.05) is 5.32 Å². The van der Waals surface area contributed by atoms with Crippen LogP contribution in [0.25, 0.3) is 0 Å². The molecule has 0 fully saturated rings. The average Bonchev–Trinajstić information content (AvgIpc) is 2.67. The van der Waals surface area contributed by atoms with Gasteiger partial charge in [0.1, 0.15) is 12.4 Å². The van der Waals surface area contributed by atoms with E-state index < -0.39 is 17.7 Å². The predicted octanol–water partition coefficient (Wildman–Crippen LogP) is 1.62. The molecule has 2 rings (SSSR count). The second-order valence-electron chi connectivity index (χ2n) is 5.98. The normalized spacial score (nSPS) is 11.2. The number of hydrogen-bond donors (Lipinski definition) is 3. The molecular weight excluding hydrogens is 364 g/mol. The first-order valence-corrected chi connectivity index (χ1v) is 8.16. The van der Waals surface area contributed by atoms with Crippen molar-refractivity contribution in [1.29, 1.82) is 5.26 Å². The summed E-state index contributed by atoms with van der Waals surface area (Å²) in [5.41, 5.74) is 7.45. The summed E-state index contributed by atoms with van der Waals surface area (Å²) in [4.78, 5) is 23.5. The molecule has 0 saturated carbocycles. The van der Waals surface area contributed by atoms with Crippen molar-refractivity contribution in [2.45, 2.75) is 13.5 Å². The van der Waals surface area contributed by atoms with Crippen molar-refractivity contribution < 1.29 is 23.8 Å². The number of nitrogens with one attached hydrogen (secondary N) is 1. The van der Waals surface area contributed by atoms with Gasteiger partial charge in [-0.25, -0.2) is 9.18 Å². The van der Waals surface area contributed by atoms with E-state index in [1.54, 1.807) is 13.0 Å². The third-order valence-corrected chi connectivity index (χ3v) is 4.02. The van der Waals surface area contributed by atoms with Gasteiger partial charge in [0.25, 0.3) is 0 Å². The molecule has 0 heterocycles. The highest BCUT2D eigenvalue weighted by atomic mass is 19.1. The number of carboxylic acid groups (broad SMARTS) is 1. The third-order valence-electron chi connectivity index (χ3n) is 4.02. The Morgan fingerprint density at radius 3 is 2.68 bits per heavy atom. The minimum atomic E-state index is -1.11. The fraction of sp³-hybridized carbons (Fsp3) is 0.105. The van der Waals surface area contributed by atoms with Crippen molar-refractivity contribution >= 4 is 25.4 Å². The second kappa shape index (κ2) is 8.73. The van der Waals surface area contributed by atoms with Crippen LogP contribution in [0, 0.1) is 24.1 Å². The van der Waals surface area contributed by atoms with E-state index in [0.717, 1.165) is 6.07 Å². The molecule has 0 aromatic heterocycles. The maximum atomic E-state index is 13.2. The number of hydrogen-bond acceptors (Lipinski definition) is 5. The Balaban J connectivity index is 2.13. The average molecular weight is 381 g/mol. The number of aryl methyl sites for hydroxylation is 1. The quantitative estimate of drug-likeness (QED) is 0.397. The molecule has 0 atom stereocenters. The number of nitrogens with two attached hydrogens (primary N) is 1. The summed E-state index contributed by atoms with van der Waals surface area (Å²) in [5.74, 6) is -2.39. The zero-order valence-electron chi connectivity index (χ0n) is 15.2. The standard InChI is InChI=1S/C19H17BFN3O4/c1-10-2-3-11(19(26)27)7-15(10)24-18(25)16(20)17(23)28-9-12-4-5-14(21)6-13(12)8-22/h2-7H,9,20,23H2,1H3,(H,24,25)(H,26,27)/b17-16-. The van der Waals surface area contributed by atoms with Crippen LogP contribution in [0.5, 0.6) is 0 Å². The van der Waals surface area contributed by atoms with Crippen LogP contribution < -0.4 is 11.1 Å². The predicted molar refractivity (Wildman–Crippen MR) is 102 cm³/mol. The number of nitriles is 1. The number of carbonyl (C=O) groups is 2. The molecule has 1 amide bonds. The number of amides is 1. The first-order valence-electron chi connectivity index (χ1n) is 8.16.